The van der Waals surface area contributed by atoms with Gasteiger partial charge in [0.1, 0.15) is 5.60 Å². The van der Waals surface area contributed by atoms with Crippen molar-refractivity contribution in [1.82, 2.24) is 10.2 Å². The van der Waals surface area contributed by atoms with Crippen molar-refractivity contribution < 1.29 is 14.3 Å². The maximum atomic E-state index is 11.8. The van der Waals surface area contributed by atoms with Gasteiger partial charge in [-0.2, -0.15) is 11.8 Å². The number of imide groups is 1. The summed E-state index contributed by atoms with van der Waals surface area (Å²) in [5.74, 6) is 0.292. The first kappa shape index (κ1) is 16.2. The van der Waals surface area contributed by atoms with E-state index in [1.165, 1.54) is 0 Å². The molecule has 0 saturated heterocycles. The highest BCUT2D eigenvalue weighted by Crippen LogP contribution is 2.07. The predicted octanol–water partition coefficient (Wildman–Crippen LogP) is 1.33. The third-order valence-electron chi connectivity index (χ3n) is 1.87. The Morgan fingerprint density at radius 2 is 1.88 bits per heavy atom. The van der Waals surface area contributed by atoms with Crippen LogP contribution in [0.5, 0.6) is 0 Å². The number of carbonyl (C=O) groups is 2. The molecule has 0 aliphatic heterocycles. The summed E-state index contributed by atoms with van der Waals surface area (Å²) in [6, 6.07) is -0.336. The molecule has 0 rings (SSSR count). The molecule has 0 fully saturated rings. The normalized spacial score (nSPS) is 13.4. The second-order valence-electron chi connectivity index (χ2n) is 4.93. The predicted molar refractivity (Wildman–Crippen MR) is 70.2 cm³/mol. The van der Waals surface area contributed by atoms with E-state index in [0.29, 0.717) is 5.75 Å². The molecule has 0 heterocycles. The van der Waals surface area contributed by atoms with Gasteiger partial charge in [-0.3, -0.25) is 15.0 Å². The summed E-state index contributed by atoms with van der Waals surface area (Å²) < 4.78 is 5.02. The van der Waals surface area contributed by atoms with Crippen LogP contribution in [-0.2, 0) is 9.53 Å². The summed E-state index contributed by atoms with van der Waals surface area (Å²) in [6.45, 7) is 5.26. The van der Waals surface area contributed by atoms with E-state index in [-0.39, 0.29) is 11.9 Å². The van der Waals surface area contributed by atoms with E-state index in [1.54, 1.807) is 51.5 Å². The molecule has 0 spiro atoms. The second kappa shape index (κ2) is 6.86. The van der Waals surface area contributed by atoms with Crippen molar-refractivity contribution in [3.63, 3.8) is 0 Å². The standard InChI is InChI=1S/C11H22N2O3S/c1-11(2,3)16-10(15)12-9(14)8(7-17-6)13(4)5/h8H,7H2,1-6H3,(H,12,14,15)/t8-/m0/s1. The third kappa shape index (κ3) is 7.23. The van der Waals surface area contributed by atoms with Crippen molar-refractivity contribution in [2.24, 2.45) is 0 Å². The zero-order chi connectivity index (χ0) is 13.6. The topological polar surface area (TPSA) is 58.6 Å². The summed E-state index contributed by atoms with van der Waals surface area (Å²) in [4.78, 5) is 25.0. The Kier molecular flexibility index (Phi) is 6.56. The Bertz CT molecular complexity index is 274. The SMILES string of the molecule is CSC[C@@H](C(=O)NC(=O)OC(C)(C)C)N(C)C. The number of nitrogens with zero attached hydrogens (tertiary/aromatic N) is 1. The molecule has 5 nitrogen and oxygen atoms in total. The van der Waals surface area contributed by atoms with Gasteiger partial charge >= 0.3 is 6.09 Å². The molecular formula is C11H22N2O3S. The van der Waals surface area contributed by atoms with Crippen molar-refractivity contribution >= 4 is 23.8 Å². The van der Waals surface area contributed by atoms with Crippen molar-refractivity contribution in [2.45, 2.75) is 32.4 Å². The Hall–Kier alpha value is -0.750. The average molecular weight is 262 g/mol. The first-order valence-electron chi connectivity index (χ1n) is 5.36. The first-order chi connectivity index (χ1) is 7.67. The molecule has 0 aromatic rings. The van der Waals surface area contributed by atoms with Gasteiger partial charge in [-0.25, -0.2) is 4.79 Å². The van der Waals surface area contributed by atoms with Crippen LogP contribution in [0.25, 0.3) is 0 Å². The van der Waals surface area contributed by atoms with E-state index in [9.17, 15) is 9.59 Å². The van der Waals surface area contributed by atoms with E-state index in [1.807, 2.05) is 6.26 Å². The molecule has 0 radical (unpaired) electrons. The highest BCUT2D eigenvalue weighted by molar-refractivity contribution is 7.98. The van der Waals surface area contributed by atoms with Gasteiger partial charge in [0.05, 0.1) is 6.04 Å². The van der Waals surface area contributed by atoms with Gasteiger partial charge in [0, 0.05) is 5.75 Å². The third-order valence-corrected chi connectivity index (χ3v) is 2.52. The molecule has 0 bridgehead atoms. The highest BCUT2D eigenvalue weighted by atomic mass is 32.2. The molecule has 0 aliphatic rings. The van der Waals surface area contributed by atoms with Gasteiger partial charge in [-0.1, -0.05) is 0 Å². The molecule has 0 aliphatic carbocycles. The average Bonchev–Trinajstić information content (AvgIpc) is 2.09. The van der Waals surface area contributed by atoms with Crippen molar-refractivity contribution in [1.29, 1.82) is 0 Å². The first-order valence-corrected chi connectivity index (χ1v) is 6.76. The van der Waals surface area contributed by atoms with Crippen LogP contribution in [-0.4, -0.2) is 54.6 Å². The van der Waals surface area contributed by atoms with E-state index in [4.69, 9.17) is 4.74 Å². The van der Waals surface area contributed by atoms with Crippen LogP contribution in [0.15, 0.2) is 0 Å². The number of carbonyl (C=O) groups excluding carboxylic acids is 2. The van der Waals surface area contributed by atoms with E-state index in [0.717, 1.165) is 0 Å². The fourth-order valence-electron chi connectivity index (χ4n) is 1.10. The number of hydrogen-bond acceptors (Lipinski definition) is 5. The minimum absolute atomic E-state index is 0.335. The van der Waals surface area contributed by atoms with Gasteiger partial charge in [0.25, 0.3) is 0 Å². The second-order valence-corrected chi connectivity index (χ2v) is 5.84. The fourth-order valence-corrected chi connectivity index (χ4v) is 1.87. The van der Waals surface area contributed by atoms with Gasteiger partial charge < -0.3 is 4.74 Å². The van der Waals surface area contributed by atoms with Crippen LogP contribution in [0.4, 0.5) is 4.79 Å². The summed E-state index contributed by atoms with van der Waals surface area (Å²) in [5, 5.41) is 2.25. The number of rotatable bonds is 4. The number of nitrogens with one attached hydrogen (secondary N) is 1. The smallest absolute Gasteiger partial charge is 0.414 e. The maximum absolute atomic E-state index is 11.8. The highest BCUT2D eigenvalue weighted by Gasteiger charge is 2.24. The summed E-state index contributed by atoms with van der Waals surface area (Å²) in [5.41, 5.74) is -0.600. The minimum Gasteiger partial charge on any atom is -0.444 e. The zero-order valence-electron chi connectivity index (χ0n) is 11.4. The maximum Gasteiger partial charge on any atom is 0.414 e. The van der Waals surface area contributed by atoms with Gasteiger partial charge in [-0.05, 0) is 41.1 Å². The number of hydrogen-bond donors (Lipinski definition) is 1. The minimum atomic E-state index is -0.699. The Morgan fingerprint density at radius 3 is 2.24 bits per heavy atom. The van der Waals surface area contributed by atoms with Gasteiger partial charge in [0.15, 0.2) is 0 Å². The quantitative estimate of drug-likeness (QED) is 0.828. The molecule has 2 amide bonds. The van der Waals surface area contributed by atoms with Gasteiger partial charge in [0.2, 0.25) is 5.91 Å². The lowest BCUT2D eigenvalue weighted by molar-refractivity contribution is -0.124. The largest absolute Gasteiger partial charge is 0.444 e. The van der Waals surface area contributed by atoms with Crippen LogP contribution in [0.3, 0.4) is 0 Å². The van der Waals surface area contributed by atoms with Gasteiger partial charge in [-0.15, -0.1) is 0 Å². The molecule has 1 atom stereocenters. The molecule has 100 valence electrons. The van der Waals surface area contributed by atoms with Crippen molar-refractivity contribution in [2.75, 3.05) is 26.1 Å². The molecule has 0 aromatic heterocycles. The van der Waals surface area contributed by atoms with Crippen molar-refractivity contribution in [3.8, 4) is 0 Å². The molecule has 1 N–H and O–H groups in total. The Morgan fingerprint density at radius 1 is 1.35 bits per heavy atom. The monoisotopic (exact) mass is 262 g/mol. The van der Waals surface area contributed by atoms with Crippen LogP contribution in [0, 0.1) is 0 Å². The summed E-state index contributed by atoms with van der Waals surface area (Å²) in [6.07, 6.45) is 1.22. The molecule has 17 heavy (non-hydrogen) atoms. The molecule has 0 aromatic carbocycles. The Labute approximate surface area is 107 Å². The lowest BCUT2D eigenvalue weighted by Crippen LogP contribution is -2.48. The van der Waals surface area contributed by atoms with Crippen molar-refractivity contribution in [3.05, 3.63) is 0 Å². The van der Waals surface area contributed by atoms with Crippen LogP contribution in [0.2, 0.25) is 0 Å². The number of likely N-dealkylation sites (N-methyl/N-ethyl adjacent to an activating group) is 1. The lowest BCUT2D eigenvalue weighted by Gasteiger charge is -2.24. The number of thioether (sulfide) groups is 1. The molecule has 0 saturated carbocycles. The van der Waals surface area contributed by atoms with Crippen LogP contribution in [0.1, 0.15) is 20.8 Å². The number of alkyl carbamates (subject to hydrolysis) is 1. The Balaban J connectivity index is 4.36. The zero-order valence-corrected chi connectivity index (χ0v) is 12.2. The van der Waals surface area contributed by atoms with E-state index < -0.39 is 11.7 Å². The summed E-state index contributed by atoms with van der Waals surface area (Å²) in [7, 11) is 3.60. The van der Waals surface area contributed by atoms with Crippen LogP contribution < -0.4 is 5.32 Å². The molecular weight excluding hydrogens is 240 g/mol. The van der Waals surface area contributed by atoms with E-state index >= 15 is 0 Å². The van der Waals surface area contributed by atoms with Crippen LogP contribution >= 0.6 is 11.8 Å². The molecule has 0 unspecified atom stereocenters. The molecule has 6 heteroatoms. The number of amides is 2. The fraction of sp³-hybridized carbons (Fsp3) is 0.818. The summed E-state index contributed by atoms with van der Waals surface area (Å²) >= 11 is 1.55. The van der Waals surface area contributed by atoms with E-state index in [2.05, 4.69) is 5.32 Å². The lowest BCUT2D eigenvalue weighted by atomic mass is 10.2. The number of ether oxygens (including phenoxy) is 1.